The van der Waals surface area contributed by atoms with Crippen molar-refractivity contribution in [2.75, 3.05) is 18.4 Å². The molecular formula is C18H28N4O3. The van der Waals surface area contributed by atoms with Crippen LogP contribution in [0.15, 0.2) is 6.20 Å². The molecule has 1 unspecified atom stereocenters. The van der Waals surface area contributed by atoms with E-state index in [4.69, 9.17) is 0 Å². The number of rotatable bonds is 4. The fraction of sp³-hybridized carbons (Fsp3) is 0.722. The zero-order valence-electron chi connectivity index (χ0n) is 14.9. The summed E-state index contributed by atoms with van der Waals surface area (Å²) < 4.78 is 1.74. The van der Waals surface area contributed by atoms with Gasteiger partial charge in [0.15, 0.2) is 0 Å². The Kier molecular flexibility index (Phi) is 5.73. The Morgan fingerprint density at radius 1 is 1.24 bits per heavy atom. The number of hydrogen-bond acceptors (Lipinski definition) is 4. The maximum Gasteiger partial charge on any atom is 0.251 e. The minimum atomic E-state index is -0.980. The monoisotopic (exact) mass is 348 g/mol. The molecule has 0 aromatic carbocycles. The fourth-order valence-electron chi connectivity index (χ4n) is 3.88. The Labute approximate surface area is 148 Å². The van der Waals surface area contributed by atoms with E-state index >= 15 is 0 Å². The van der Waals surface area contributed by atoms with Gasteiger partial charge in [-0.2, -0.15) is 5.10 Å². The summed E-state index contributed by atoms with van der Waals surface area (Å²) in [4.78, 5) is 26.1. The smallest absolute Gasteiger partial charge is 0.251 e. The first-order valence-electron chi connectivity index (χ1n) is 9.35. The molecule has 3 rings (SSSR count). The molecule has 0 spiro atoms. The summed E-state index contributed by atoms with van der Waals surface area (Å²) in [6.07, 6.45) is 8.84. The lowest BCUT2D eigenvalue weighted by atomic mass is 9.86. The highest BCUT2D eigenvalue weighted by Gasteiger charge is 2.27. The van der Waals surface area contributed by atoms with Crippen molar-refractivity contribution in [2.45, 2.75) is 63.4 Å². The molecule has 1 aliphatic heterocycles. The third-order valence-corrected chi connectivity index (χ3v) is 5.21. The Hall–Kier alpha value is -1.89. The summed E-state index contributed by atoms with van der Waals surface area (Å²) in [7, 11) is 1.86. The van der Waals surface area contributed by atoms with E-state index in [0.717, 1.165) is 37.1 Å². The first kappa shape index (κ1) is 17.9. The van der Waals surface area contributed by atoms with E-state index in [1.807, 2.05) is 13.2 Å². The first-order chi connectivity index (χ1) is 12.0. The van der Waals surface area contributed by atoms with Gasteiger partial charge in [-0.3, -0.25) is 14.3 Å². The Morgan fingerprint density at radius 2 is 1.96 bits per heavy atom. The summed E-state index contributed by atoms with van der Waals surface area (Å²) in [6, 6.07) is 0. The number of aromatic nitrogens is 2. The van der Waals surface area contributed by atoms with Gasteiger partial charge < -0.3 is 15.3 Å². The number of carbonyl (C=O) groups is 2. The topological polar surface area (TPSA) is 87.5 Å². The van der Waals surface area contributed by atoms with E-state index in [1.165, 1.54) is 24.2 Å². The van der Waals surface area contributed by atoms with E-state index < -0.39 is 6.10 Å². The van der Waals surface area contributed by atoms with Gasteiger partial charge in [-0.15, -0.1) is 0 Å². The lowest BCUT2D eigenvalue weighted by Gasteiger charge is -2.23. The fourth-order valence-corrected chi connectivity index (χ4v) is 3.88. The van der Waals surface area contributed by atoms with Crippen molar-refractivity contribution in [1.29, 1.82) is 0 Å². The van der Waals surface area contributed by atoms with Crippen LogP contribution in [0.25, 0.3) is 0 Å². The van der Waals surface area contributed by atoms with Crippen LogP contribution in [0.4, 0.5) is 5.69 Å². The van der Waals surface area contributed by atoms with Crippen LogP contribution in [0.3, 0.4) is 0 Å². The normalized spacial score (nSPS) is 22.7. The molecule has 25 heavy (non-hydrogen) atoms. The lowest BCUT2D eigenvalue weighted by molar-refractivity contribution is -0.141. The number of likely N-dealkylation sites (tertiary alicyclic amines) is 1. The Morgan fingerprint density at radius 3 is 2.72 bits per heavy atom. The second-order valence-electron chi connectivity index (χ2n) is 7.26. The van der Waals surface area contributed by atoms with Crippen molar-refractivity contribution in [3.8, 4) is 0 Å². The van der Waals surface area contributed by atoms with Crippen LogP contribution in [0.2, 0.25) is 0 Å². The SMILES string of the molecule is Cn1cc(NC(=O)CN2CCCCC(O)C2=O)c(C2CCCCC2)n1. The van der Waals surface area contributed by atoms with Gasteiger partial charge in [0, 0.05) is 25.7 Å². The molecule has 0 bridgehead atoms. The van der Waals surface area contributed by atoms with Gasteiger partial charge in [-0.05, 0) is 32.1 Å². The van der Waals surface area contributed by atoms with Crippen LogP contribution < -0.4 is 5.32 Å². The van der Waals surface area contributed by atoms with E-state index in [2.05, 4.69) is 10.4 Å². The average molecular weight is 348 g/mol. The van der Waals surface area contributed by atoms with Gasteiger partial charge in [0.05, 0.1) is 17.9 Å². The van der Waals surface area contributed by atoms with Crippen LogP contribution in [-0.2, 0) is 16.6 Å². The second kappa shape index (κ2) is 7.99. The van der Waals surface area contributed by atoms with Crippen molar-refractivity contribution in [3.05, 3.63) is 11.9 Å². The largest absolute Gasteiger partial charge is 0.383 e. The summed E-state index contributed by atoms with van der Waals surface area (Å²) in [5.74, 6) is -0.175. The molecule has 7 nitrogen and oxygen atoms in total. The number of hydrogen-bond donors (Lipinski definition) is 2. The number of aryl methyl sites for hydroxylation is 1. The molecule has 1 saturated carbocycles. The lowest BCUT2D eigenvalue weighted by Crippen LogP contribution is -2.42. The van der Waals surface area contributed by atoms with Crippen LogP contribution in [0, 0.1) is 0 Å². The summed E-state index contributed by atoms with van der Waals surface area (Å²) in [6.45, 7) is 0.501. The molecule has 1 aliphatic carbocycles. The van der Waals surface area contributed by atoms with Crippen LogP contribution in [0.1, 0.15) is 63.0 Å². The van der Waals surface area contributed by atoms with Gasteiger partial charge in [0.25, 0.3) is 5.91 Å². The zero-order chi connectivity index (χ0) is 17.8. The molecule has 0 radical (unpaired) electrons. The molecular weight excluding hydrogens is 320 g/mol. The maximum atomic E-state index is 12.5. The number of amides is 2. The molecule has 138 valence electrons. The number of nitrogens with one attached hydrogen (secondary N) is 1. The molecule has 2 amide bonds. The average Bonchev–Trinajstić information content (AvgIpc) is 2.89. The summed E-state index contributed by atoms with van der Waals surface area (Å²) >= 11 is 0. The number of anilines is 1. The van der Waals surface area contributed by atoms with Crippen molar-refractivity contribution in [3.63, 3.8) is 0 Å². The Balaban J connectivity index is 1.65. The minimum Gasteiger partial charge on any atom is -0.383 e. The maximum absolute atomic E-state index is 12.5. The predicted octanol–water partition coefficient (Wildman–Crippen LogP) is 1.78. The number of nitrogens with zero attached hydrogens (tertiary/aromatic N) is 3. The highest BCUT2D eigenvalue weighted by molar-refractivity contribution is 5.95. The molecule has 2 fully saturated rings. The number of aliphatic hydroxyl groups excluding tert-OH is 1. The van der Waals surface area contributed by atoms with E-state index in [-0.39, 0.29) is 18.4 Å². The molecule has 2 heterocycles. The molecule has 1 aromatic heterocycles. The highest BCUT2D eigenvalue weighted by Crippen LogP contribution is 2.35. The molecule has 1 atom stereocenters. The third kappa shape index (κ3) is 4.39. The second-order valence-corrected chi connectivity index (χ2v) is 7.26. The standard InChI is InChI=1S/C18H28N4O3/c1-21-11-14(17(20-21)13-7-3-2-4-8-13)19-16(24)12-22-10-6-5-9-15(23)18(22)25/h11,13,15,23H,2-10,12H2,1H3,(H,19,24). The number of aliphatic hydroxyl groups is 1. The first-order valence-corrected chi connectivity index (χ1v) is 9.35. The van der Waals surface area contributed by atoms with Gasteiger partial charge in [-0.25, -0.2) is 0 Å². The zero-order valence-corrected chi connectivity index (χ0v) is 14.9. The van der Waals surface area contributed by atoms with Crippen molar-refractivity contribution in [1.82, 2.24) is 14.7 Å². The van der Waals surface area contributed by atoms with Crippen LogP contribution >= 0.6 is 0 Å². The number of carbonyl (C=O) groups excluding carboxylic acids is 2. The van der Waals surface area contributed by atoms with Gasteiger partial charge in [-0.1, -0.05) is 19.3 Å². The minimum absolute atomic E-state index is 0.0190. The molecule has 7 heteroatoms. The quantitative estimate of drug-likeness (QED) is 0.868. The van der Waals surface area contributed by atoms with E-state index in [1.54, 1.807) is 4.68 Å². The van der Waals surface area contributed by atoms with Crippen LogP contribution in [-0.4, -0.2) is 50.8 Å². The van der Waals surface area contributed by atoms with Crippen molar-refractivity contribution in [2.24, 2.45) is 7.05 Å². The summed E-state index contributed by atoms with van der Waals surface area (Å²) in [5, 5.41) is 17.3. The van der Waals surface area contributed by atoms with Crippen LogP contribution in [0.5, 0.6) is 0 Å². The molecule has 2 aliphatic rings. The Bertz CT molecular complexity index is 622. The molecule has 1 saturated heterocycles. The van der Waals surface area contributed by atoms with Gasteiger partial charge in [0.2, 0.25) is 5.91 Å². The van der Waals surface area contributed by atoms with Crippen molar-refractivity contribution >= 4 is 17.5 Å². The van der Waals surface area contributed by atoms with Gasteiger partial charge in [0.1, 0.15) is 6.10 Å². The van der Waals surface area contributed by atoms with Crippen molar-refractivity contribution < 1.29 is 14.7 Å². The third-order valence-electron chi connectivity index (χ3n) is 5.21. The molecule has 1 aromatic rings. The van der Waals surface area contributed by atoms with E-state index in [9.17, 15) is 14.7 Å². The molecule has 2 N–H and O–H groups in total. The highest BCUT2D eigenvalue weighted by atomic mass is 16.3. The van der Waals surface area contributed by atoms with E-state index in [0.29, 0.717) is 18.9 Å². The van der Waals surface area contributed by atoms with Gasteiger partial charge >= 0.3 is 0 Å². The predicted molar refractivity (Wildman–Crippen MR) is 94.1 cm³/mol. The summed E-state index contributed by atoms with van der Waals surface area (Å²) in [5.41, 5.74) is 1.71.